The number of rotatable bonds is 4. The summed E-state index contributed by atoms with van der Waals surface area (Å²) in [5.74, 6) is -2.47. The minimum atomic E-state index is -4.54. The van der Waals surface area contributed by atoms with Crippen LogP contribution in [0.2, 0.25) is 0 Å². The first-order valence-corrected chi connectivity index (χ1v) is 9.86. The van der Waals surface area contributed by atoms with E-state index in [4.69, 9.17) is 0 Å². The molecule has 0 aliphatic carbocycles. The SMILES string of the molecule is Cc1ccccc1NC(=O)[C@@H]1CC(=O)Nc2nc(Nc3cccc(C(F)(F)F)c3)[nH]c(=O)c21. The number of aromatic amines is 1. The van der Waals surface area contributed by atoms with Gasteiger partial charge in [-0.3, -0.25) is 19.4 Å². The standard InChI is InChI=1S/C22H18F3N5O3/c1-11-5-2-3-8-15(11)27-19(32)14-10-16(31)28-18-17(14)20(33)30-21(29-18)26-13-7-4-6-12(9-13)22(23,24)25/h2-9,14H,10H2,1H3,(H,27,32)(H3,26,28,29,30,31,33)/t14-/m1/s1. The molecule has 8 nitrogen and oxygen atoms in total. The zero-order chi connectivity index (χ0) is 23.8. The van der Waals surface area contributed by atoms with Crippen LogP contribution in [-0.4, -0.2) is 21.8 Å². The fourth-order valence-electron chi connectivity index (χ4n) is 3.50. The molecule has 0 spiro atoms. The molecular formula is C22H18F3N5O3. The van der Waals surface area contributed by atoms with Gasteiger partial charge in [0.15, 0.2) is 0 Å². The summed E-state index contributed by atoms with van der Waals surface area (Å²) in [6.07, 6.45) is -4.80. The fourth-order valence-corrected chi connectivity index (χ4v) is 3.50. The second-order valence-electron chi connectivity index (χ2n) is 7.49. The van der Waals surface area contributed by atoms with Crippen molar-refractivity contribution in [3.63, 3.8) is 0 Å². The third kappa shape index (κ3) is 4.71. The van der Waals surface area contributed by atoms with Gasteiger partial charge < -0.3 is 16.0 Å². The normalized spacial score (nSPS) is 15.4. The van der Waals surface area contributed by atoms with Gasteiger partial charge >= 0.3 is 6.18 Å². The zero-order valence-corrected chi connectivity index (χ0v) is 17.2. The fraction of sp³-hybridized carbons (Fsp3) is 0.182. The molecule has 33 heavy (non-hydrogen) atoms. The second kappa shape index (κ2) is 8.41. The number of anilines is 4. The number of carbonyl (C=O) groups is 2. The maximum Gasteiger partial charge on any atom is 0.416 e. The van der Waals surface area contributed by atoms with E-state index < -0.39 is 35.0 Å². The number of hydrogen-bond donors (Lipinski definition) is 4. The highest BCUT2D eigenvalue weighted by atomic mass is 19.4. The average molecular weight is 457 g/mol. The van der Waals surface area contributed by atoms with Crippen LogP contribution in [0.25, 0.3) is 0 Å². The molecule has 11 heteroatoms. The van der Waals surface area contributed by atoms with Gasteiger partial charge in [0.2, 0.25) is 17.8 Å². The number of H-pyrrole nitrogens is 1. The van der Waals surface area contributed by atoms with Crippen molar-refractivity contribution in [2.75, 3.05) is 16.0 Å². The lowest BCUT2D eigenvalue weighted by atomic mass is 9.92. The predicted molar refractivity (Wildman–Crippen MR) is 115 cm³/mol. The highest BCUT2D eigenvalue weighted by molar-refractivity contribution is 6.04. The molecule has 4 N–H and O–H groups in total. The van der Waals surface area contributed by atoms with E-state index in [2.05, 4.69) is 25.9 Å². The quantitative estimate of drug-likeness (QED) is 0.474. The molecule has 2 amide bonds. The summed E-state index contributed by atoms with van der Waals surface area (Å²) in [5.41, 5.74) is -0.228. The van der Waals surface area contributed by atoms with Crippen LogP contribution >= 0.6 is 0 Å². The maximum atomic E-state index is 13.0. The van der Waals surface area contributed by atoms with E-state index in [9.17, 15) is 27.6 Å². The van der Waals surface area contributed by atoms with Gasteiger partial charge in [-0.05, 0) is 36.8 Å². The topological polar surface area (TPSA) is 116 Å². The number of nitrogens with zero attached hydrogens (tertiary/aromatic N) is 1. The Morgan fingerprint density at radius 3 is 2.61 bits per heavy atom. The molecule has 1 aromatic heterocycles. The van der Waals surface area contributed by atoms with Crippen LogP contribution in [0.3, 0.4) is 0 Å². The molecule has 0 unspecified atom stereocenters. The van der Waals surface area contributed by atoms with E-state index in [0.29, 0.717) is 5.69 Å². The van der Waals surface area contributed by atoms with Gasteiger partial charge in [-0.15, -0.1) is 0 Å². The van der Waals surface area contributed by atoms with Crippen LogP contribution in [0.5, 0.6) is 0 Å². The van der Waals surface area contributed by atoms with Crippen molar-refractivity contribution >= 4 is 35.0 Å². The Bertz CT molecular complexity index is 1300. The van der Waals surface area contributed by atoms with Crippen LogP contribution in [0.4, 0.5) is 36.3 Å². The molecule has 2 heterocycles. The van der Waals surface area contributed by atoms with E-state index in [1.54, 1.807) is 25.1 Å². The number of carbonyl (C=O) groups excluding carboxylic acids is 2. The summed E-state index contributed by atoms with van der Waals surface area (Å²) in [4.78, 5) is 44.4. The Morgan fingerprint density at radius 2 is 1.88 bits per heavy atom. The lowest BCUT2D eigenvalue weighted by Crippen LogP contribution is -2.36. The molecular weight excluding hydrogens is 439 g/mol. The van der Waals surface area contributed by atoms with Gasteiger partial charge in [0.05, 0.1) is 17.0 Å². The molecule has 0 fully saturated rings. The molecule has 0 saturated carbocycles. The highest BCUT2D eigenvalue weighted by Crippen LogP contribution is 2.32. The van der Waals surface area contributed by atoms with E-state index in [0.717, 1.165) is 17.7 Å². The van der Waals surface area contributed by atoms with Crippen molar-refractivity contribution in [2.45, 2.75) is 25.4 Å². The number of fused-ring (bicyclic) bond motifs is 1. The Morgan fingerprint density at radius 1 is 1.12 bits per heavy atom. The molecule has 4 rings (SSSR count). The monoisotopic (exact) mass is 457 g/mol. The maximum absolute atomic E-state index is 13.0. The third-order valence-electron chi connectivity index (χ3n) is 5.12. The van der Waals surface area contributed by atoms with Gasteiger partial charge in [-0.1, -0.05) is 24.3 Å². The van der Waals surface area contributed by atoms with Crippen LogP contribution in [0.15, 0.2) is 53.3 Å². The third-order valence-corrected chi connectivity index (χ3v) is 5.12. The molecule has 2 aromatic carbocycles. The molecule has 170 valence electrons. The number of nitrogens with one attached hydrogen (secondary N) is 4. The summed E-state index contributed by atoms with van der Waals surface area (Å²) in [6.45, 7) is 1.80. The van der Waals surface area contributed by atoms with Crippen LogP contribution in [0, 0.1) is 6.92 Å². The number of amides is 2. The highest BCUT2D eigenvalue weighted by Gasteiger charge is 2.35. The van der Waals surface area contributed by atoms with Crippen LogP contribution in [0.1, 0.15) is 29.0 Å². The van der Waals surface area contributed by atoms with Crippen molar-refractivity contribution in [1.29, 1.82) is 0 Å². The van der Waals surface area contributed by atoms with E-state index >= 15 is 0 Å². The van der Waals surface area contributed by atoms with Crippen LogP contribution in [-0.2, 0) is 15.8 Å². The van der Waals surface area contributed by atoms with Gasteiger partial charge in [0.1, 0.15) is 5.82 Å². The minimum Gasteiger partial charge on any atom is -0.326 e. The lowest BCUT2D eigenvalue weighted by molar-refractivity contribution is -0.137. The first kappa shape index (κ1) is 22.1. The van der Waals surface area contributed by atoms with Crippen molar-refractivity contribution in [2.24, 2.45) is 0 Å². The average Bonchev–Trinajstić information content (AvgIpc) is 2.74. The molecule has 1 atom stereocenters. The first-order chi connectivity index (χ1) is 15.6. The molecule has 1 aliphatic heterocycles. The number of aromatic nitrogens is 2. The summed E-state index contributed by atoms with van der Waals surface area (Å²) in [5, 5.41) is 7.77. The smallest absolute Gasteiger partial charge is 0.326 e. The second-order valence-corrected chi connectivity index (χ2v) is 7.49. The van der Waals surface area contributed by atoms with Gasteiger partial charge in [-0.2, -0.15) is 18.2 Å². The Balaban J connectivity index is 1.64. The van der Waals surface area contributed by atoms with E-state index in [-0.39, 0.29) is 29.4 Å². The predicted octanol–water partition coefficient (Wildman–Crippen LogP) is 3.91. The molecule has 0 radical (unpaired) electrons. The lowest BCUT2D eigenvalue weighted by Gasteiger charge is -2.24. The molecule has 0 bridgehead atoms. The van der Waals surface area contributed by atoms with Gasteiger partial charge in [0.25, 0.3) is 5.56 Å². The number of benzene rings is 2. The molecule has 0 saturated heterocycles. The van der Waals surface area contributed by atoms with E-state index in [1.165, 1.54) is 12.1 Å². The minimum absolute atomic E-state index is 0.0314. The summed E-state index contributed by atoms with van der Waals surface area (Å²) < 4.78 is 38.9. The molecule has 3 aromatic rings. The number of aryl methyl sites for hydroxylation is 1. The van der Waals surface area contributed by atoms with Crippen molar-refractivity contribution in [3.05, 3.63) is 75.6 Å². The molecule has 1 aliphatic rings. The van der Waals surface area contributed by atoms with Crippen molar-refractivity contribution in [1.82, 2.24) is 9.97 Å². The van der Waals surface area contributed by atoms with Gasteiger partial charge in [-0.25, -0.2) is 0 Å². The Hall–Kier alpha value is -4.15. The summed E-state index contributed by atoms with van der Waals surface area (Å²) in [6, 6.07) is 11.4. The number of para-hydroxylation sites is 1. The van der Waals surface area contributed by atoms with Crippen LogP contribution < -0.4 is 21.5 Å². The zero-order valence-electron chi connectivity index (χ0n) is 17.2. The Kier molecular flexibility index (Phi) is 5.62. The summed E-state index contributed by atoms with van der Waals surface area (Å²) >= 11 is 0. The number of alkyl halides is 3. The van der Waals surface area contributed by atoms with Crippen molar-refractivity contribution < 1.29 is 22.8 Å². The Labute approximate surface area is 185 Å². The van der Waals surface area contributed by atoms with Crippen molar-refractivity contribution in [3.8, 4) is 0 Å². The largest absolute Gasteiger partial charge is 0.416 e. The van der Waals surface area contributed by atoms with E-state index in [1.807, 2.05) is 6.07 Å². The summed E-state index contributed by atoms with van der Waals surface area (Å²) in [7, 11) is 0. The number of hydrogen-bond acceptors (Lipinski definition) is 5. The first-order valence-electron chi connectivity index (χ1n) is 9.86. The van der Waals surface area contributed by atoms with Gasteiger partial charge in [0, 0.05) is 17.8 Å². The number of halogens is 3.